The van der Waals surface area contributed by atoms with Crippen molar-refractivity contribution in [3.8, 4) is 11.5 Å². The first-order valence-corrected chi connectivity index (χ1v) is 9.93. The highest BCUT2D eigenvalue weighted by atomic mass is 32.2. The van der Waals surface area contributed by atoms with Crippen LogP contribution in [0.25, 0.3) is 0 Å². The van der Waals surface area contributed by atoms with Crippen LogP contribution in [-0.2, 0) is 16.6 Å². The Morgan fingerprint density at radius 2 is 1.70 bits per heavy atom. The molecule has 1 aliphatic rings. The number of hydrogen-bond acceptors (Lipinski definition) is 5. The van der Waals surface area contributed by atoms with Gasteiger partial charge in [0, 0.05) is 17.6 Å². The summed E-state index contributed by atoms with van der Waals surface area (Å²) < 4.78 is 38.0. The van der Waals surface area contributed by atoms with Gasteiger partial charge < -0.3 is 14.8 Å². The highest BCUT2D eigenvalue weighted by molar-refractivity contribution is 7.89. The Morgan fingerprint density at radius 3 is 2.37 bits per heavy atom. The summed E-state index contributed by atoms with van der Waals surface area (Å²) in [6.07, 6.45) is 0. The first kappa shape index (κ1) is 19.2. The monoisotopic (exact) mass is 390 g/mol. The van der Waals surface area contributed by atoms with Gasteiger partial charge in [-0.2, -0.15) is 0 Å². The lowest BCUT2D eigenvalue weighted by Gasteiger charge is -2.20. The smallest absolute Gasteiger partial charge is 0.251 e. The number of nitrogens with one attached hydrogen (secondary N) is 2. The molecule has 0 aliphatic carbocycles. The molecule has 0 atom stereocenters. The van der Waals surface area contributed by atoms with Crippen molar-refractivity contribution >= 4 is 15.9 Å². The van der Waals surface area contributed by atoms with Crippen LogP contribution < -0.4 is 19.5 Å². The molecule has 1 heterocycles. The molecular formula is C19H22N2O5S. The van der Waals surface area contributed by atoms with E-state index in [1.807, 2.05) is 20.8 Å². The largest absolute Gasteiger partial charge is 0.454 e. The van der Waals surface area contributed by atoms with Crippen LogP contribution in [0.3, 0.4) is 0 Å². The molecule has 144 valence electrons. The normalized spacial score (nSPS) is 13.4. The van der Waals surface area contributed by atoms with Crippen molar-refractivity contribution in [2.45, 2.75) is 37.8 Å². The molecule has 0 spiro atoms. The summed E-state index contributed by atoms with van der Waals surface area (Å²) >= 11 is 0. The molecule has 2 aromatic rings. The van der Waals surface area contributed by atoms with Crippen LogP contribution >= 0.6 is 0 Å². The molecule has 1 aliphatic heterocycles. The van der Waals surface area contributed by atoms with E-state index in [4.69, 9.17) is 9.47 Å². The molecular weight excluding hydrogens is 368 g/mol. The van der Waals surface area contributed by atoms with Gasteiger partial charge in [0.1, 0.15) is 0 Å². The topological polar surface area (TPSA) is 93.7 Å². The maximum absolute atomic E-state index is 12.5. The van der Waals surface area contributed by atoms with Gasteiger partial charge in [0.05, 0.1) is 4.90 Å². The van der Waals surface area contributed by atoms with Crippen molar-refractivity contribution in [2.24, 2.45) is 0 Å². The highest BCUT2D eigenvalue weighted by Crippen LogP contribution is 2.32. The zero-order chi connectivity index (χ0) is 19.7. The van der Waals surface area contributed by atoms with Gasteiger partial charge >= 0.3 is 0 Å². The number of benzene rings is 2. The van der Waals surface area contributed by atoms with E-state index in [0.717, 1.165) is 5.56 Å². The van der Waals surface area contributed by atoms with Crippen molar-refractivity contribution in [2.75, 3.05) is 6.79 Å². The van der Waals surface area contributed by atoms with Crippen molar-refractivity contribution in [1.29, 1.82) is 0 Å². The number of carbonyl (C=O) groups is 1. The minimum atomic E-state index is -3.70. The molecule has 0 saturated heterocycles. The molecule has 1 amide bonds. The Kier molecular flexibility index (Phi) is 5.12. The van der Waals surface area contributed by atoms with Gasteiger partial charge in [0.2, 0.25) is 16.8 Å². The van der Waals surface area contributed by atoms with Crippen LogP contribution in [0.5, 0.6) is 11.5 Å². The molecule has 0 bridgehead atoms. The third-order valence-corrected chi connectivity index (χ3v) is 5.24. The zero-order valence-corrected chi connectivity index (χ0v) is 16.2. The summed E-state index contributed by atoms with van der Waals surface area (Å²) in [5.74, 6) is 0.992. The molecule has 0 unspecified atom stereocenters. The third-order valence-electron chi connectivity index (χ3n) is 3.82. The Balaban J connectivity index is 1.67. The number of sulfonamides is 1. The molecule has 3 rings (SSSR count). The Morgan fingerprint density at radius 1 is 1.04 bits per heavy atom. The number of hydrogen-bond donors (Lipinski definition) is 2. The van der Waals surface area contributed by atoms with Crippen LogP contribution in [0, 0.1) is 0 Å². The van der Waals surface area contributed by atoms with E-state index in [9.17, 15) is 13.2 Å². The standard InChI is InChI=1S/C19H22N2O5S/c1-19(2,3)21-18(22)14-5-7-15(8-6-14)27(23,24)20-11-13-4-9-16-17(10-13)26-12-25-16/h4-10,20H,11-12H2,1-3H3,(H,21,22). The van der Waals surface area contributed by atoms with Crippen molar-refractivity contribution in [3.63, 3.8) is 0 Å². The summed E-state index contributed by atoms with van der Waals surface area (Å²) in [6, 6.07) is 11.1. The van der Waals surface area contributed by atoms with Gasteiger partial charge in [-0.05, 0) is 62.7 Å². The van der Waals surface area contributed by atoms with E-state index < -0.39 is 10.0 Å². The lowest BCUT2D eigenvalue weighted by molar-refractivity contribution is 0.0919. The van der Waals surface area contributed by atoms with E-state index in [1.165, 1.54) is 24.3 Å². The van der Waals surface area contributed by atoms with E-state index in [1.54, 1.807) is 18.2 Å². The lowest BCUT2D eigenvalue weighted by Crippen LogP contribution is -2.40. The van der Waals surface area contributed by atoms with Crippen molar-refractivity contribution < 1.29 is 22.7 Å². The van der Waals surface area contributed by atoms with Gasteiger partial charge in [-0.15, -0.1) is 0 Å². The molecule has 0 aromatic heterocycles. The Bertz CT molecular complexity index is 947. The fraction of sp³-hybridized carbons (Fsp3) is 0.316. The van der Waals surface area contributed by atoms with Crippen molar-refractivity contribution in [3.05, 3.63) is 53.6 Å². The maximum Gasteiger partial charge on any atom is 0.251 e. The average molecular weight is 390 g/mol. The molecule has 0 radical (unpaired) electrons. The molecule has 27 heavy (non-hydrogen) atoms. The predicted octanol–water partition coefficient (Wildman–Crippen LogP) is 2.42. The summed E-state index contributed by atoms with van der Waals surface area (Å²) in [5.41, 5.74) is 0.789. The zero-order valence-electron chi connectivity index (χ0n) is 15.4. The summed E-state index contributed by atoms with van der Waals surface area (Å²) in [5, 5.41) is 2.83. The van der Waals surface area contributed by atoms with Crippen molar-refractivity contribution in [1.82, 2.24) is 10.0 Å². The van der Waals surface area contributed by atoms with E-state index in [-0.39, 0.29) is 29.7 Å². The van der Waals surface area contributed by atoms with Gasteiger partial charge in [-0.1, -0.05) is 6.07 Å². The van der Waals surface area contributed by atoms with Crippen LogP contribution in [0.2, 0.25) is 0 Å². The second-order valence-electron chi connectivity index (χ2n) is 7.24. The van der Waals surface area contributed by atoms with Gasteiger partial charge in [-0.3, -0.25) is 4.79 Å². The Labute approximate surface area is 158 Å². The number of carbonyl (C=O) groups excluding carboxylic acids is 1. The van der Waals surface area contributed by atoms with E-state index in [0.29, 0.717) is 17.1 Å². The van der Waals surface area contributed by atoms with E-state index >= 15 is 0 Å². The summed E-state index contributed by atoms with van der Waals surface area (Å²) in [7, 11) is -3.70. The second-order valence-corrected chi connectivity index (χ2v) is 9.01. The molecule has 0 fully saturated rings. The van der Waals surface area contributed by atoms with Crippen LogP contribution in [0.1, 0.15) is 36.7 Å². The molecule has 8 heteroatoms. The Hall–Kier alpha value is -2.58. The van der Waals surface area contributed by atoms with E-state index in [2.05, 4.69) is 10.0 Å². The minimum absolute atomic E-state index is 0.0931. The highest BCUT2D eigenvalue weighted by Gasteiger charge is 2.18. The molecule has 2 aromatic carbocycles. The molecule has 2 N–H and O–H groups in total. The first-order valence-electron chi connectivity index (χ1n) is 8.45. The second kappa shape index (κ2) is 7.21. The quantitative estimate of drug-likeness (QED) is 0.818. The summed E-state index contributed by atoms with van der Waals surface area (Å²) in [6.45, 7) is 5.92. The molecule has 0 saturated carbocycles. The predicted molar refractivity (Wildman–Crippen MR) is 100 cm³/mol. The average Bonchev–Trinajstić information content (AvgIpc) is 3.06. The van der Waals surface area contributed by atoms with Crippen LogP contribution in [-0.4, -0.2) is 26.7 Å². The maximum atomic E-state index is 12.5. The minimum Gasteiger partial charge on any atom is -0.454 e. The summed E-state index contributed by atoms with van der Waals surface area (Å²) in [4.78, 5) is 12.2. The van der Waals surface area contributed by atoms with Crippen LogP contribution in [0.4, 0.5) is 0 Å². The third kappa shape index (κ3) is 4.78. The number of fused-ring (bicyclic) bond motifs is 1. The lowest BCUT2D eigenvalue weighted by atomic mass is 10.1. The number of rotatable bonds is 5. The SMILES string of the molecule is CC(C)(C)NC(=O)c1ccc(S(=O)(=O)NCc2ccc3c(c2)OCO3)cc1. The number of amides is 1. The van der Waals surface area contributed by atoms with Gasteiger partial charge in [0.25, 0.3) is 5.91 Å². The van der Waals surface area contributed by atoms with Crippen LogP contribution in [0.15, 0.2) is 47.4 Å². The fourth-order valence-corrected chi connectivity index (χ4v) is 3.53. The number of ether oxygens (including phenoxy) is 2. The van der Waals surface area contributed by atoms with Gasteiger partial charge in [-0.25, -0.2) is 13.1 Å². The molecule has 7 nitrogen and oxygen atoms in total. The first-order chi connectivity index (χ1) is 12.6. The van der Waals surface area contributed by atoms with Gasteiger partial charge in [0.15, 0.2) is 11.5 Å². The fourth-order valence-electron chi connectivity index (χ4n) is 2.51.